The van der Waals surface area contributed by atoms with Gasteiger partial charge in [0.05, 0.1) is 19.7 Å². The molecule has 0 atom stereocenters. The molecule has 3 amide bonds. The van der Waals surface area contributed by atoms with E-state index in [-0.39, 0.29) is 23.8 Å². The van der Waals surface area contributed by atoms with Crippen molar-refractivity contribution in [2.75, 3.05) is 26.9 Å². The number of esters is 1. The van der Waals surface area contributed by atoms with Crippen molar-refractivity contribution in [3.63, 3.8) is 0 Å². The minimum atomic E-state index is -0.653. The first kappa shape index (κ1) is 16.2. The Morgan fingerprint density at radius 1 is 1.22 bits per heavy atom. The van der Waals surface area contributed by atoms with Crippen LogP contribution in [-0.2, 0) is 14.3 Å². The van der Waals surface area contributed by atoms with Crippen molar-refractivity contribution >= 4 is 17.9 Å². The summed E-state index contributed by atoms with van der Waals surface area (Å²) >= 11 is 0. The monoisotopic (exact) mass is 323 g/mol. The number of urea groups is 1. The molecule has 1 aliphatic carbocycles. The van der Waals surface area contributed by atoms with Gasteiger partial charge in [-0.3, -0.25) is 14.5 Å². The zero-order valence-corrected chi connectivity index (χ0v) is 13.7. The second-order valence-corrected chi connectivity index (χ2v) is 6.86. The minimum Gasteiger partial charge on any atom is -0.469 e. The molecule has 0 bridgehead atoms. The van der Waals surface area contributed by atoms with Gasteiger partial charge in [0, 0.05) is 13.1 Å². The van der Waals surface area contributed by atoms with Gasteiger partial charge in [0.25, 0.3) is 5.91 Å². The molecule has 1 spiro atoms. The summed E-state index contributed by atoms with van der Waals surface area (Å²) in [6.07, 6.45) is 6.03. The van der Waals surface area contributed by atoms with E-state index in [4.69, 9.17) is 4.74 Å². The maximum Gasteiger partial charge on any atom is 0.326 e. The number of ether oxygens (including phenoxy) is 1. The van der Waals surface area contributed by atoms with Gasteiger partial charge >= 0.3 is 12.0 Å². The molecule has 0 unspecified atom stereocenters. The first-order valence-electron chi connectivity index (χ1n) is 8.50. The Kier molecular flexibility index (Phi) is 4.57. The average molecular weight is 323 g/mol. The second-order valence-electron chi connectivity index (χ2n) is 6.86. The van der Waals surface area contributed by atoms with Crippen LogP contribution in [0.2, 0.25) is 0 Å². The zero-order valence-electron chi connectivity index (χ0n) is 13.7. The molecule has 2 heterocycles. The van der Waals surface area contributed by atoms with Crippen LogP contribution in [0.25, 0.3) is 0 Å². The van der Waals surface area contributed by atoms with Gasteiger partial charge in [0.1, 0.15) is 5.54 Å². The Bertz CT molecular complexity index is 494. The lowest BCUT2D eigenvalue weighted by Gasteiger charge is -2.33. The SMILES string of the molecule is COC(=O)C1CCN(CN2C(=O)NC3(CCCCC3)C2=O)CC1. The molecule has 1 saturated carbocycles. The molecule has 3 aliphatic rings. The summed E-state index contributed by atoms with van der Waals surface area (Å²) in [5.41, 5.74) is -0.653. The maximum absolute atomic E-state index is 12.7. The summed E-state index contributed by atoms with van der Waals surface area (Å²) < 4.78 is 4.78. The van der Waals surface area contributed by atoms with E-state index in [1.165, 1.54) is 12.0 Å². The summed E-state index contributed by atoms with van der Waals surface area (Å²) in [6, 6.07) is -0.271. The minimum absolute atomic E-state index is 0.0657. The first-order chi connectivity index (χ1) is 11.1. The number of hydrogen-bond donors (Lipinski definition) is 1. The van der Waals surface area contributed by atoms with Crippen LogP contribution in [0.4, 0.5) is 4.79 Å². The standard InChI is InChI=1S/C16H25N3O4/c1-23-13(20)12-5-9-18(10-6-12)11-19-14(21)16(17-15(19)22)7-3-2-4-8-16/h12H,2-11H2,1H3,(H,17,22). The summed E-state index contributed by atoms with van der Waals surface area (Å²) in [5.74, 6) is -0.304. The van der Waals surface area contributed by atoms with Crippen LogP contribution in [0, 0.1) is 5.92 Å². The molecule has 7 heteroatoms. The predicted molar refractivity (Wildman–Crippen MR) is 82.4 cm³/mol. The molecular weight excluding hydrogens is 298 g/mol. The zero-order chi connectivity index (χ0) is 16.4. The van der Waals surface area contributed by atoms with Crippen molar-refractivity contribution in [1.82, 2.24) is 15.1 Å². The number of carbonyl (C=O) groups excluding carboxylic acids is 3. The van der Waals surface area contributed by atoms with E-state index >= 15 is 0 Å². The largest absolute Gasteiger partial charge is 0.469 e. The van der Waals surface area contributed by atoms with E-state index in [2.05, 4.69) is 10.2 Å². The van der Waals surface area contributed by atoms with Crippen LogP contribution in [0.3, 0.4) is 0 Å². The van der Waals surface area contributed by atoms with Crippen molar-refractivity contribution < 1.29 is 19.1 Å². The number of piperidine rings is 1. The second kappa shape index (κ2) is 6.47. The highest BCUT2D eigenvalue weighted by Crippen LogP contribution is 2.34. The summed E-state index contributed by atoms with van der Waals surface area (Å²) in [6.45, 7) is 1.72. The fraction of sp³-hybridized carbons (Fsp3) is 0.812. The average Bonchev–Trinajstić information content (AvgIpc) is 2.80. The Balaban J connectivity index is 1.57. The molecule has 2 saturated heterocycles. The molecule has 3 rings (SSSR count). The number of methoxy groups -OCH3 is 1. The topological polar surface area (TPSA) is 79.0 Å². The van der Waals surface area contributed by atoms with Gasteiger partial charge in [-0.2, -0.15) is 0 Å². The molecule has 0 aromatic heterocycles. The van der Waals surface area contributed by atoms with E-state index in [1.54, 1.807) is 0 Å². The van der Waals surface area contributed by atoms with Crippen LogP contribution in [0.1, 0.15) is 44.9 Å². The number of nitrogens with zero attached hydrogens (tertiary/aromatic N) is 2. The van der Waals surface area contributed by atoms with E-state index in [1.807, 2.05) is 0 Å². The highest BCUT2D eigenvalue weighted by atomic mass is 16.5. The third-order valence-electron chi connectivity index (χ3n) is 5.42. The van der Waals surface area contributed by atoms with Crippen LogP contribution in [-0.4, -0.2) is 60.1 Å². The normalized spacial score (nSPS) is 25.7. The molecule has 7 nitrogen and oxygen atoms in total. The number of nitrogens with one attached hydrogen (secondary N) is 1. The fourth-order valence-electron chi connectivity index (χ4n) is 3.98. The third kappa shape index (κ3) is 3.06. The van der Waals surface area contributed by atoms with Crippen molar-refractivity contribution in [3.05, 3.63) is 0 Å². The van der Waals surface area contributed by atoms with E-state index in [0.29, 0.717) is 32.6 Å². The highest BCUT2D eigenvalue weighted by Gasteiger charge is 2.51. The molecule has 0 aromatic rings. The van der Waals surface area contributed by atoms with E-state index in [9.17, 15) is 14.4 Å². The highest BCUT2D eigenvalue weighted by molar-refractivity contribution is 6.07. The van der Waals surface area contributed by atoms with Crippen LogP contribution < -0.4 is 5.32 Å². The molecule has 128 valence electrons. The predicted octanol–water partition coefficient (Wildman–Crippen LogP) is 1.08. The number of likely N-dealkylation sites (tertiary alicyclic amines) is 1. The molecule has 0 radical (unpaired) electrons. The van der Waals surface area contributed by atoms with Crippen molar-refractivity contribution in [2.45, 2.75) is 50.5 Å². The van der Waals surface area contributed by atoms with E-state index in [0.717, 1.165) is 32.1 Å². The molecule has 2 aliphatic heterocycles. The molecular formula is C16H25N3O4. The van der Waals surface area contributed by atoms with Crippen molar-refractivity contribution in [2.24, 2.45) is 5.92 Å². The van der Waals surface area contributed by atoms with Gasteiger partial charge in [-0.25, -0.2) is 9.69 Å². The van der Waals surface area contributed by atoms with Crippen molar-refractivity contribution in [3.8, 4) is 0 Å². The lowest BCUT2D eigenvalue weighted by molar-refractivity contribution is -0.147. The number of rotatable bonds is 3. The Labute approximate surface area is 136 Å². The summed E-state index contributed by atoms with van der Waals surface area (Å²) in [4.78, 5) is 39.9. The third-order valence-corrected chi connectivity index (χ3v) is 5.42. The van der Waals surface area contributed by atoms with Crippen molar-refractivity contribution in [1.29, 1.82) is 0 Å². The van der Waals surface area contributed by atoms with Gasteiger partial charge in [-0.1, -0.05) is 19.3 Å². The van der Waals surface area contributed by atoms with Gasteiger partial charge in [-0.05, 0) is 25.7 Å². The molecule has 0 aromatic carbocycles. The molecule has 23 heavy (non-hydrogen) atoms. The molecule has 3 fully saturated rings. The molecule has 1 N–H and O–H groups in total. The van der Waals surface area contributed by atoms with Crippen LogP contribution >= 0.6 is 0 Å². The summed E-state index contributed by atoms with van der Waals surface area (Å²) in [5, 5.41) is 2.93. The van der Waals surface area contributed by atoms with Crippen LogP contribution in [0.15, 0.2) is 0 Å². The Morgan fingerprint density at radius 3 is 2.48 bits per heavy atom. The van der Waals surface area contributed by atoms with Crippen LogP contribution in [0.5, 0.6) is 0 Å². The number of carbonyl (C=O) groups is 3. The Morgan fingerprint density at radius 2 is 1.87 bits per heavy atom. The number of hydrogen-bond acceptors (Lipinski definition) is 5. The van der Waals surface area contributed by atoms with Gasteiger partial charge in [-0.15, -0.1) is 0 Å². The van der Waals surface area contributed by atoms with Gasteiger partial charge < -0.3 is 10.1 Å². The number of amides is 3. The van der Waals surface area contributed by atoms with Gasteiger partial charge in [0.15, 0.2) is 0 Å². The lowest BCUT2D eigenvalue weighted by atomic mass is 9.82. The first-order valence-corrected chi connectivity index (χ1v) is 8.50. The van der Waals surface area contributed by atoms with E-state index < -0.39 is 5.54 Å². The number of imide groups is 1. The van der Waals surface area contributed by atoms with Gasteiger partial charge in [0.2, 0.25) is 0 Å². The smallest absolute Gasteiger partial charge is 0.326 e. The lowest BCUT2D eigenvalue weighted by Crippen LogP contribution is -2.49. The Hall–Kier alpha value is -1.63. The maximum atomic E-state index is 12.7. The fourth-order valence-corrected chi connectivity index (χ4v) is 3.98. The quantitative estimate of drug-likeness (QED) is 0.621. The summed E-state index contributed by atoms with van der Waals surface area (Å²) in [7, 11) is 1.41.